The summed E-state index contributed by atoms with van der Waals surface area (Å²) < 4.78 is 0. The molecule has 0 bridgehead atoms. The number of Topliss-reactive ketones (excluding diaryl/α,β-unsaturated/α-hetero) is 1. The zero-order chi connectivity index (χ0) is 16.3. The Kier molecular flexibility index (Phi) is 4.98. The maximum atomic E-state index is 12.0. The predicted octanol–water partition coefficient (Wildman–Crippen LogP) is 4.08. The summed E-state index contributed by atoms with van der Waals surface area (Å²) in [5.41, 5.74) is 0.420. The van der Waals surface area contributed by atoms with Gasteiger partial charge in [0.25, 0.3) is 0 Å². The molecule has 4 nitrogen and oxygen atoms in total. The normalized spacial score (nSPS) is 11.4. The Morgan fingerprint density at radius 2 is 2.00 bits per heavy atom. The molecule has 0 fully saturated rings. The fourth-order valence-corrected chi connectivity index (χ4v) is 3.12. The van der Waals surface area contributed by atoms with Crippen molar-refractivity contribution in [2.75, 3.05) is 0 Å². The van der Waals surface area contributed by atoms with Gasteiger partial charge in [-0.3, -0.25) is 9.59 Å². The maximum absolute atomic E-state index is 12.0. The molecule has 1 aromatic heterocycles. The Morgan fingerprint density at radius 3 is 2.64 bits per heavy atom. The number of halogens is 1. The average molecular weight is 338 g/mol. The number of thiazole rings is 1. The van der Waals surface area contributed by atoms with Gasteiger partial charge in [0, 0.05) is 23.8 Å². The third-order valence-corrected chi connectivity index (χ3v) is 4.51. The summed E-state index contributed by atoms with van der Waals surface area (Å²) in [7, 11) is 0. The molecule has 1 aromatic carbocycles. The molecule has 2 rings (SSSR count). The van der Waals surface area contributed by atoms with Crippen LogP contribution in [-0.2, 0) is 16.0 Å². The molecule has 116 valence electrons. The fourth-order valence-electron chi connectivity index (χ4n) is 1.98. The molecule has 0 aliphatic heterocycles. The van der Waals surface area contributed by atoms with Crippen LogP contribution >= 0.6 is 22.9 Å². The molecule has 0 aliphatic rings. The van der Waals surface area contributed by atoms with E-state index in [2.05, 4.69) is 4.98 Å². The Morgan fingerprint density at radius 1 is 1.32 bits per heavy atom. The van der Waals surface area contributed by atoms with Gasteiger partial charge in [0.2, 0.25) is 0 Å². The van der Waals surface area contributed by atoms with Crippen LogP contribution in [-0.4, -0.2) is 21.8 Å². The van der Waals surface area contributed by atoms with Gasteiger partial charge >= 0.3 is 5.97 Å². The van der Waals surface area contributed by atoms with Crippen LogP contribution < -0.4 is 0 Å². The lowest BCUT2D eigenvalue weighted by molar-refractivity contribution is -0.149. The molecule has 0 unspecified atom stereocenters. The van der Waals surface area contributed by atoms with E-state index in [0.717, 1.165) is 10.6 Å². The number of nitrogens with zero attached hydrogens (tertiary/aromatic N) is 1. The lowest BCUT2D eigenvalue weighted by atomic mass is 9.86. The van der Waals surface area contributed by atoms with E-state index in [0.29, 0.717) is 10.7 Å². The zero-order valence-corrected chi connectivity index (χ0v) is 13.9. The Labute approximate surface area is 137 Å². The monoisotopic (exact) mass is 337 g/mol. The van der Waals surface area contributed by atoms with Crippen molar-refractivity contribution in [1.29, 1.82) is 0 Å². The highest BCUT2D eigenvalue weighted by molar-refractivity contribution is 7.13. The first-order valence-corrected chi connectivity index (χ1v) is 8.00. The van der Waals surface area contributed by atoms with E-state index in [1.165, 1.54) is 11.3 Å². The van der Waals surface area contributed by atoms with Gasteiger partial charge in [-0.05, 0) is 19.9 Å². The van der Waals surface area contributed by atoms with Gasteiger partial charge in [0.15, 0.2) is 0 Å². The van der Waals surface area contributed by atoms with Crippen molar-refractivity contribution < 1.29 is 14.7 Å². The summed E-state index contributed by atoms with van der Waals surface area (Å²) in [5.74, 6) is -1.11. The first-order valence-electron chi connectivity index (χ1n) is 6.74. The van der Waals surface area contributed by atoms with Crippen LogP contribution in [0.5, 0.6) is 0 Å². The highest BCUT2D eigenvalue weighted by atomic mass is 35.5. The average Bonchev–Trinajstić information content (AvgIpc) is 2.86. The van der Waals surface area contributed by atoms with Gasteiger partial charge in [0.1, 0.15) is 10.8 Å². The largest absolute Gasteiger partial charge is 0.481 e. The summed E-state index contributed by atoms with van der Waals surface area (Å²) in [4.78, 5) is 27.5. The molecule has 0 spiro atoms. The molecular weight excluding hydrogens is 322 g/mol. The first kappa shape index (κ1) is 16.6. The van der Waals surface area contributed by atoms with Crippen molar-refractivity contribution in [1.82, 2.24) is 4.98 Å². The molecule has 0 radical (unpaired) electrons. The third kappa shape index (κ3) is 3.93. The molecule has 1 heterocycles. The topological polar surface area (TPSA) is 67.3 Å². The highest BCUT2D eigenvalue weighted by Crippen LogP contribution is 2.30. The summed E-state index contributed by atoms with van der Waals surface area (Å²) in [6, 6.07) is 7.39. The number of carbonyl (C=O) groups excluding carboxylic acids is 1. The van der Waals surface area contributed by atoms with Gasteiger partial charge in [-0.25, -0.2) is 4.98 Å². The molecule has 1 N–H and O–H groups in total. The summed E-state index contributed by atoms with van der Waals surface area (Å²) >= 11 is 7.55. The number of carbonyl (C=O) groups is 2. The van der Waals surface area contributed by atoms with Gasteiger partial charge in [-0.2, -0.15) is 0 Å². The van der Waals surface area contributed by atoms with E-state index < -0.39 is 11.4 Å². The molecule has 0 aliphatic carbocycles. The molecule has 0 saturated carbocycles. The van der Waals surface area contributed by atoms with E-state index >= 15 is 0 Å². The van der Waals surface area contributed by atoms with Crippen molar-refractivity contribution in [2.24, 2.45) is 5.41 Å². The van der Waals surface area contributed by atoms with Crippen molar-refractivity contribution in [3.05, 3.63) is 40.4 Å². The van der Waals surface area contributed by atoms with Crippen LogP contribution in [0.1, 0.15) is 26.0 Å². The molecule has 2 aromatic rings. The van der Waals surface area contributed by atoms with Crippen molar-refractivity contribution in [3.8, 4) is 10.6 Å². The van der Waals surface area contributed by atoms with Crippen LogP contribution in [0.2, 0.25) is 5.02 Å². The standard InChI is InChI=1S/C16H16ClNO3S/c1-16(2,15(20)21)8-11(19)7-10-9-22-14(18-10)12-5-3-4-6-13(12)17/h3-6,9H,7-8H2,1-2H3,(H,20,21). The summed E-state index contributed by atoms with van der Waals surface area (Å²) in [6.07, 6.45) is 0.124. The Balaban J connectivity index is 2.08. The second kappa shape index (κ2) is 6.58. The summed E-state index contributed by atoms with van der Waals surface area (Å²) in [5, 5.41) is 12.2. The zero-order valence-electron chi connectivity index (χ0n) is 12.3. The van der Waals surface area contributed by atoms with E-state index in [-0.39, 0.29) is 18.6 Å². The SMILES string of the molecule is CC(C)(CC(=O)Cc1csc(-c2ccccc2Cl)n1)C(=O)O. The molecule has 6 heteroatoms. The van der Waals surface area contributed by atoms with E-state index in [4.69, 9.17) is 16.7 Å². The predicted molar refractivity (Wildman–Crippen MR) is 87.3 cm³/mol. The van der Waals surface area contributed by atoms with Crippen LogP contribution in [0, 0.1) is 5.41 Å². The lowest BCUT2D eigenvalue weighted by Crippen LogP contribution is -2.27. The number of aromatic nitrogens is 1. The van der Waals surface area contributed by atoms with Crippen molar-refractivity contribution in [3.63, 3.8) is 0 Å². The van der Waals surface area contributed by atoms with Crippen molar-refractivity contribution >= 4 is 34.7 Å². The molecule has 22 heavy (non-hydrogen) atoms. The van der Waals surface area contributed by atoms with Gasteiger partial charge in [-0.1, -0.05) is 29.8 Å². The number of aliphatic carboxylic acids is 1. The van der Waals surface area contributed by atoms with Crippen molar-refractivity contribution in [2.45, 2.75) is 26.7 Å². The van der Waals surface area contributed by atoms with Gasteiger partial charge in [0.05, 0.1) is 16.1 Å². The fraction of sp³-hybridized carbons (Fsp3) is 0.312. The second-order valence-electron chi connectivity index (χ2n) is 5.71. The minimum Gasteiger partial charge on any atom is -0.481 e. The minimum absolute atomic E-state index is 0.0126. The number of benzene rings is 1. The smallest absolute Gasteiger partial charge is 0.309 e. The summed E-state index contributed by atoms with van der Waals surface area (Å²) in [6.45, 7) is 3.09. The quantitative estimate of drug-likeness (QED) is 0.862. The third-order valence-electron chi connectivity index (χ3n) is 3.25. The van der Waals surface area contributed by atoms with Gasteiger partial charge in [-0.15, -0.1) is 11.3 Å². The number of carboxylic acid groups (broad SMARTS) is 1. The highest BCUT2D eigenvalue weighted by Gasteiger charge is 2.30. The van der Waals surface area contributed by atoms with E-state index in [1.54, 1.807) is 19.9 Å². The molecule has 0 atom stereocenters. The van der Waals surface area contributed by atoms with E-state index in [9.17, 15) is 9.59 Å². The van der Waals surface area contributed by atoms with Crippen LogP contribution in [0.15, 0.2) is 29.6 Å². The minimum atomic E-state index is -1.06. The molecule has 0 saturated heterocycles. The number of hydrogen-bond acceptors (Lipinski definition) is 4. The number of hydrogen-bond donors (Lipinski definition) is 1. The first-order chi connectivity index (χ1) is 10.3. The second-order valence-corrected chi connectivity index (χ2v) is 6.97. The number of ketones is 1. The lowest BCUT2D eigenvalue weighted by Gasteiger charge is -2.17. The Hall–Kier alpha value is -1.72. The Bertz CT molecular complexity index is 709. The number of rotatable bonds is 6. The number of carboxylic acids is 1. The molecule has 0 amide bonds. The van der Waals surface area contributed by atoms with E-state index in [1.807, 2.05) is 23.6 Å². The molecular formula is C16H16ClNO3S. The van der Waals surface area contributed by atoms with Gasteiger partial charge < -0.3 is 5.11 Å². The van der Waals surface area contributed by atoms with Crippen LogP contribution in [0.25, 0.3) is 10.6 Å². The maximum Gasteiger partial charge on any atom is 0.309 e. The van der Waals surface area contributed by atoms with Crippen LogP contribution in [0.3, 0.4) is 0 Å². The van der Waals surface area contributed by atoms with Crippen LogP contribution in [0.4, 0.5) is 0 Å².